The Morgan fingerprint density at radius 2 is 1.73 bits per heavy atom. The van der Waals surface area contributed by atoms with Gasteiger partial charge in [-0.25, -0.2) is 0 Å². The topological polar surface area (TPSA) is 0 Å². The molecule has 0 amide bonds. The molecule has 0 bridgehead atoms. The molecule has 22 heavy (non-hydrogen) atoms. The minimum atomic E-state index is -0.539. The Labute approximate surface area is 155 Å². The molecule has 0 atom stereocenters. The molecular weight excluding hydrogens is 411 g/mol. The van der Waals surface area contributed by atoms with Gasteiger partial charge in [0, 0.05) is 0 Å². The molecule has 0 heterocycles. The van der Waals surface area contributed by atoms with Gasteiger partial charge in [0.2, 0.25) is 0 Å². The third-order valence-electron chi connectivity index (χ3n) is 3.55. The van der Waals surface area contributed by atoms with Crippen LogP contribution in [0.15, 0.2) is 48.5 Å². The first-order valence-electron chi connectivity index (χ1n) is 7.66. The number of thiol groups is 2. The van der Waals surface area contributed by atoms with Crippen molar-refractivity contribution < 1.29 is 0 Å². The Morgan fingerprint density at radius 1 is 1.00 bits per heavy atom. The molecule has 2 radical (unpaired) electrons. The van der Waals surface area contributed by atoms with Gasteiger partial charge in [-0.05, 0) is 0 Å². The SMILES string of the molecule is CCC[CH2][Sn][c]1ccc(C)cc1/C(S)=C(/S)c1ccccc1. The second-order valence-corrected chi connectivity index (χ2v) is 10.3. The Kier molecular flexibility index (Phi) is 7.45. The van der Waals surface area contributed by atoms with Crippen LogP contribution in [-0.2, 0) is 0 Å². The van der Waals surface area contributed by atoms with Gasteiger partial charge in [-0.3, -0.25) is 0 Å². The number of benzene rings is 2. The maximum absolute atomic E-state index is 4.82. The van der Waals surface area contributed by atoms with E-state index in [1.54, 1.807) is 0 Å². The Morgan fingerprint density at radius 3 is 2.41 bits per heavy atom. The second-order valence-electron chi connectivity index (χ2n) is 5.39. The van der Waals surface area contributed by atoms with Gasteiger partial charge in [-0.2, -0.15) is 0 Å². The molecule has 0 aromatic heterocycles. The van der Waals surface area contributed by atoms with Gasteiger partial charge >= 0.3 is 156 Å². The zero-order valence-corrected chi connectivity index (χ0v) is 17.8. The molecule has 0 aliphatic rings. The van der Waals surface area contributed by atoms with E-state index in [1.807, 2.05) is 18.2 Å². The number of unbranched alkanes of at least 4 members (excludes halogenated alkanes) is 1. The minimum absolute atomic E-state index is 0.539. The molecule has 0 aliphatic carbocycles. The molecule has 2 aromatic rings. The van der Waals surface area contributed by atoms with E-state index in [4.69, 9.17) is 25.3 Å². The summed E-state index contributed by atoms with van der Waals surface area (Å²) in [6, 6.07) is 17.1. The standard InChI is InChI=1S/C15H13S2.C4H9.Sn/c1-11-6-5-9-13(10-11)15(17)14(16)12-7-3-2-4-8-12;1-3-4-2;/h2-8,10,16-17H,1H3;1,3-4H2,2H3;/b15-14-;;. The summed E-state index contributed by atoms with van der Waals surface area (Å²) in [7, 11) is 0. The van der Waals surface area contributed by atoms with Gasteiger partial charge < -0.3 is 0 Å². The fraction of sp³-hybridized carbons (Fsp3) is 0.263. The van der Waals surface area contributed by atoms with Crippen molar-refractivity contribution in [2.24, 2.45) is 0 Å². The van der Waals surface area contributed by atoms with Crippen molar-refractivity contribution in [3.8, 4) is 0 Å². The normalized spacial score (nSPS) is 12.2. The van der Waals surface area contributed by atoms with E-state index in [2.05, 4.69) is 44.2 Å². The Bertz CT molecular complexity index is 648. The van der Waals surface area contributed by atoms with Crippen molar-refractivity contribution in [2.75, 3.05) is 0 Å². The molecular formula is C19H22S2Sn. The number of rotatable bonds is 6. The zero-order chi connectivity index (χ0) is 15.9. The summed E-state index contributed by atoms with van der Waals surface area (Å²) in [5.74, 6) is 0. The third kappa shape index (κ3) is 4.84. The van der Waals surface area contributed by atoms with E-state index in [-0.39, 0.29) is 0 Å². The monoisotopic (exact) mass is 434 g/mol. The predicted molar refractivity (Wildman–Crippen MR) is 108 cm³/mol. The van der Waals surface area contributed by atoms with Crippen LogP contribution in [0.5, 0.6) is 0 Å². The summed E-state index contributed by atoms with van der Waals surface area (Å²) in [6.45, 7) is 4.41. The van der Waals surface area contributed by atoms with Crippen LogP contribution < -0.4 is 3.58 Å². The molecule has 0 aliphatic heterocycles. The number of aryl methyl sites for hydroxylation is 1. The first kappa shape index (κ1) is 18.0. The van der Waals surface area contributed by atoms with E-state index in [1.165, 1.54) is 32.0 Å². The maximum atomic E-state index is 4.82. The average Bonchev–Trinajstić information content (AvgIpc) is 2.56. The van der Waals surface area contributed by atoms with Crippen molar-refractivity contribution in [1.29, 1.82) is 0 Å². The predicted octanol–water partition coefficient (Wildman–Crippen LogP) is 5.23. The van der Waals surface area contributed by atoms with Gasteiger partial charge in [0.15, 0.2) is 0 Å². The molecule has 0 nitrogen and oxygen atoms in total. The average molecular weight is 433 g/mol. The molecule has 0 N–H and O–H groups in total. The summed E-state index contributed by atoms with van der Waals surface area (Å²) in [5, 5.41) is 0. The molecule has 0 saturated heterocycles. The van der Waals surface area contributed by atoms with Crippen molar-refractivity contribution in [3.63, 3.8) is 0 Å². The van der Waals surface area contributed by atoms with Crippen LogP contribution in [0.1, 0.15) is 36.5 Å². The zero-order valence-electron chi connectivity index (χ0n) is 13.1. The second kappa shape index (κ2) is 9.09. The summed E-state index contributed by atoms with van der Waals surface area (Å²) in [5.41, 5.74) is 3.71. The van der Waals surface area contributed by atoms with Gasteiger partial charge in [0.05, 0.1) is 0 Å². The Balaban J connectivity index is 2.39. The van der Waals surface area contributed by atoms with Crippen LogP contribution in [-0.4, -0.2) is 21.1 Å². The van der Waals surface area contributed by atoms with E-state index >= 15 is 0 Å². The van der Waals surface area contributed by atoms with Crippen molar-refractivity contribution in [1.82, 2.24) is 0 Å². The fourth-order valence-corrected chi connectivity index (χ4v) is 7.12. The van der Waals surface area contributed by atoms with E-state index < -0.39 is 21.1 Å². The summed E-state index contributed by atoms with van der Waals surface area (Å²) < 4.78 is 2.93. The van der Waals surface area contributed by atoms with Crippen LogP contribution >= 0.6 is 25.3 Å². The van der Waals surface area contributed by atoms with E-state index in [9.17, 15) is 0 Å². The molecule has 3 heteroatoms. The molecule has 0 spiro atoms. The van der Waals surface area contributed by atoms with E-state index in [0.29, 0.717) is 0 Å². The molecule has 0 saturated carbocycles. The molecule has 114 valence electrons. The van der Waals surface area contributed by atoms with Crippen LogP contribution in [0.4, 0.5) is 0 Å². The summed E-state index contributed by atoms with van der Waals surface area (Å²) >= 11 is 9.02. The van der Waals surface area contributed by atoms with Crippen LogP contribution in [0.2, 0.25) is 4.44 Å². The van der Waals surface area contributed by atoms with Crippen molar-refractivity contribution >= 4 is 59.8 Å². The Hall–Kier alpha value is -0.321. The van der Waals surface area contributed by atoms with Gasteiger partial charge in [-0.1, -0.05) is 0 Å². The van der Waals surface area contributed by atoms with Crippen LogP contribution in [0.3, 0.4) is 0 Å². The number of hydrogen-bond donors (Lipinski definition) is 2. The molecule has 2 rings (SSSR count). The van der Waals surface area contributed by atoms with Crippen LogP contribution in [0, 0.1) is 6.92 Å². The first-order chi connectivity index (χ1) is 10.6. The summed E-state index contributed by atoms with van der Waals surface area (Å²) in [6.07, 6.45) is 2.63. The third-order valence-corrected chi connectivity index (χ3v) is 8.72. The van der Waals surface area contributed by atoms with Gasteiger partial charge in [0.1, 0.15) is 0 Å². The van der Waals surface area contributed by atoms with Crippen molar-refractivity contribution in [2.45, 2.75) is 31.1 Å². The molecule has 0 fully saturated rings. The van der Waals surface area contributed by atoms with Crippen LogP contribution in [0.25, 0.3) is 9.81 Å². The van der Waals surface area contributed by atoms with Gasteiger partial charge in [-0.15, -0.1) is 0 Å². The first-order valence-corrected chi connectivity index (χ1v) is 12.0. The van der Waals surface area contributed by atoms with Crippen molar-refractivity contribution in [3.05, 3.63) is 65.2 Å². The molecule has 2 aromatic carbocycles. The number of hydrogen-bond acceptors (Lipinski definition) is 2. The van der Waals surface area contributed by atoms with E-state index in [0.717, 1.165) is 15.4 Å². The van der Waals surface area contributed by atoms with Gasteiger partial charge in [0.25, 0.3) is 0 Å². The summed E-state index contributed by atoms with van der Waals surface area (Å²) in [4.78, 5) is 1.97. The quantitative estimate of drug-likeness (QED) is 0.265. The fourth-order valence-electron chi connectivity index (χ4n) is 2.27. The molecule has 0 unspecified atom stereocenters.